The molecule has 9 nitrogen and oxygen atoms in total. The highest BCUT2D eigenvalue weighted by Gasteiger charge is 2.22. The number of likely N-dealkylation sites (tertiary alicyclic amines) is 1. The molecule has 13 heteroatoms. The van der Waals surface area contributed by atoms with Gasteiger partial charge in [-0.1, -0.05) is 29.3 Å². The van der Waals surface area contributed by atoms with Gasteiger partial charge in [0.1, 0.15) is 9.96 Å². The Morgan fingerprint density at radius 1 is 1.02 bits per heavy atom. The predicted octanol–water partition coefficient (Wildman–Crippen LogP) is 4.53. The van der Waals surface area contributed by atoms with E-state index < -0.39 is 32.6 Å². The van der Waals surface area contributed by atoms with Gasteiger partial charge in [-0.15, -0.1) is 11.3 Å². The Morgan fingerprint density at radius 3 is 2.51 bits per heavy atom. The number of carbonyl (C=O) groups excluding carboxylic acids is 1. The molecule has 3 heterocycles. The molecule has 1 fully saturated rings. The van der Waals surface area contributed by atoms with Crippen molar-refractivity contribution in [3.63, 3.8) is 0 Å². The number of rotatable bonds is 11. The SMILES string of the molecule is O=C(Cc1ccc(-n2c(=O)[nH]c3cc(NCCCN4CCCC4)ccc3c2=O)c(Cl)c1)CS(=O)(=O)c1ccc(Cl)s1. The zero-order valence-corrected chi connectivity index (χ0v) is 25.1. The number of anilines is 1. The lowest BCUT2D eigenvalue weighted by Crippen LogP contribution is -2.33. The number of benzene rings is 2. The second kappa shape index (κ2) is 12.5. The van der Waals surface area contributed by atoms with Crippen LogP contribution in [0.3, 0.4) is 0 Å². The van der Waals surface area contributed by atoms with Gasteiger partial charge in [-0.3, -0.25) is 9.59 Å². The van der Waals surface area contributed by atoms with Gasteiger partial charge in [0.05, 0.1) is 25.9 Å². The van der Waals surface area contributed by atoms with E-state index in [1.807, 2.05) is 0 Å². The van der Waals surface area contributed by atoms with E-state index >= 15 is 0 Å². The number of hydrogen-bond donors (Lipinski definition) is 2. The van der Waals surface area contributed by atoms with Gasteiger partial charge in [-0.05, 0) is 86.9 Å². The summed E-state index contributed by atoms with van der Waals surface area (Å²) < 4.78 is 26.3. The summed E-state index contributed by atoms with van der Waals surface area (Å²) in [6.45, 7) is 4.14. The number of halogens is 2. The molecule has 2 aromatic carbocycles. The largest absolute Gasteiger partial charge is 0.385 e. The topological polar surface area (TPSA) is 121 Å². The summed E-state index contributed by atoms with van der Waals surface area (Å²) >= 11 is 13.2. The van der Waals surface area contributed by atoms with Crippen LogP contribution in [-0.4, -0.2) is 60.6 Å². The maximum Gasteiger partial charge on any atom is 0.333 e. The van der Waals surface area contributed by atoms with E-state index in [1.54, 1.807) is 24.3 Å². The Balaban J connectivity index is 1.29. The molecule has 0 amide bonds. The molecule has 0 unspecified atom stereocenters. The number of Topliss-reactive ketones (excluding diaryl/α,β-unsaturated/α-hetero) is 1. The molecule has 41 heavy (non-hydrogen) atoms. The molecule has 2 N–H and O–H groups in total. The van der Waals surface area contributed by atoms with Crippen LogP contribution in [0.4, 0.5) is 5.69 Å². The standard InChI is InChI=1S/C28H28Cl2N4O5S2/c29-22-15-18(14-20(35)17-41(38,39)26-9-8-25(30)40-26)4-7-24(22)34-27(36)21-6-5-19(16-23(21)32-28(34)37)31-10-3-13-33-11-1-2-12-33/h4-9,15-16,31H,1-3,10-14,17H2,(H,32,37). The van der Waals surface area contributed by atoms with Crippen molar-refractivity contribution in [3.8, 4) is 5.69 Å². The number of ketones is 1. The van der Waals surface area contributed by atoms with Gasteiger partial charge in [-0.2, -0.15) is 0 Å². The van der Waals surface area contributed by atoms with Gasteiger partial charge in [0, 0.05) is 18.7 Å². The van der Waals surface area contributed by atoms with E-state index in [0.717, 1.165) is 54.2 Å². The maximum atomic E-state index is 13.3. The number of nitrogens with one attached hydrogen (secondary N) is 2. The van der Waals surface area contributed by atoms with Crippen molar-refractivity contribution in [1.29, 1.82) is 0 Å². The minimum atomic E-state index is -3.81. The number of carbonyl (C=O) groups is 1. The zero-order chi connectivity index (χ0) is 29.1. The number of aromatic amines is 1. The predicted molar refractivity (Wildman–Crippen MR) is 164 cm³/mol. The van der Waals surface area contributed by atoms with Crippen molar-refractivity contribution in [2.45, 2.75) is 29.9 Å². The molecule has 216 valence electrons. The molecule has 0 aliphatic carbocycles. The molecule has 1 aliphatic rings. The minimum Gasteiger partial charge on any atom is -0.385 e. The highest BCUT2D eigenvalue weighted by molar-refractivity contribution is 7.94. The third-order valence-corrected chi connectivity index (χ3v) is 10.7. The lowest BCUT2D eigenvalue weighted by molar-refractivity contribution is -0.116. The van der Waals surface area contributed by atoms with E-state index in [-0.39, 0.29) is 21.3 Å². The first-order valence-electron chi connectivity index (χ1n) is 13.1. The lowest BCUT2D eigenvalue weighted by Gasteiger charge is -2.15. The first kappa shape index (κ1) is 29.5. The average Bonchev–Trinajstić information content (AvgIpc) is 3.59. The fourth-order valence-corrected chi connectivity index (χ4v) is 8.06. The third kappa shape index (κ3) is 6.92. The summed E-state index contributed by atoms with van der Waals surface area (Å²) in [7, 11) is -3.81. The van der Waals surface area contributed by atoms with Crippen LogP contribution in [0.2, 0.25) is 9.36 Å². The molecule has 0 atom stereocenters. The van der Waals surface area contributed by atoms with Gasteiger partial charge in [0.25, 0.3) is 5.56 Å². The maximum absolute atomic E-state index is 13.3. The quantitative estimate of drug-likeness (QED) is 0.232. The number of aromatic nitrogens is 2. The van der Waals surface area contributed by atoms with Crippen molar-refractivity contribution in [2.75, 3.05) is 37.2 Å². The number of hydrogen-bond acceptors (Lipinski definition) is 8. The van der Waals surface area contributed by atoms with Crippen LogP contribution in [0.1, 0.15) is 24.8 Å². The molecule has 4 aromatic rings. The molecular weight excluding hydrogens is 607 g/mol. The summed E-state index contributed by atoms with van der Waals surface area (Å²) in [6, 6.07) is 12.5. The highest BCUT2D eigenvalue weighted by Crippen LogP contribution is 2.27. The number of thiophene rings is 1. The molecule has 2 aromatic heterocycles. The second-order valence-electron chi connectivity index (χ2n) is 9.98. The zero-order valence-electron chi connectivity index (χ0n) is 22.0. The van der Waals surface area contributed by atoms with Crippen LogP contribution in [-0.2, 0) is 21.1 Å². The van der Waals surface area contributed by atoms with E-state index in [1.165, 1.54) is 37.1 Å². The summed E-state index contributed by atoms with van der Waals surface area (Å²) in [5.74, 6) is -1.21. The molecule has 1 saturated heterocycles. The number of fused-ring (bicyclic) bond motifs is 1. The van der Waals surface area contributed by atoms with Crippen molar-refractivity contribution < 1.29 is 13.2 Å². The van der Waals surface area contributed by atoms with E-state index in [0.29, 0.717) is 20.8 Å². The molecule has 1 aliphatic heterocycles. The fourth-order valence-electron chi connectivity index (χ4n) is 4.96. The van der Waals surface area contributed by atoms with Gasteiger partial charge >= 0.3 is 5.69 Å². The van der Waals surface area contributed by atoms with Crippen molar-refractivity contribution in [3.05, 3.63) is 84.3 Å². The second-order valence-corrected chi connectivity index (χ2v) is 14.3. The summed E-state index contributed by atoms with van der Waals surface area (Å²) in [6.07, 6.45) is 3.33. The number of H-pyrrole nitrogens is 1. The Morgan fingerprint density at radius 2 is 1.80 bits per heavy atom. The molecule has 0 saturated carbocycles. The molecular formula is C28H28Cl2N4O5S2. The molecule has 0 radical (unpaired) electrons. The van der Waals surface area contributed by atoms with Gasteiger partial charge in [-0.25, -0.2) is 17.8 Å². The normalized spacial score (nSPS) is 14.1. The number of nitrogens with zero attached hydrogens (tertiary/aromatic N) is 2. The van der Waals surface area contributed by atoms with Crippen LogP contribution in [0.15, 0.2) is 62.3 Å². The van der Waals surface area contributed by atoms with E-state index in [9.17, 15) is 22.8 Å². The number of sulfone groups is 1. The van der Waals surface area contributed by atoms with Crippen molar-refractivity contribution >= 4 is 66.7 Å². The van der Waals surface area contributed by atoms with Crippen molar-refractivity contribution in [1.82, 2.24) is 14.5 Å². The van der Waals surface area contributed by atoms with Gasteiger partial charge < -0.3 is 15.2 Å². The third-order valence-electron chi connectivity index (χ3n) is 6.94. The Hall–Kier alpha value is -2.96. The van der Waals surface area contributed by atoms with Crippen LogP contribution in [0, 0.1) is 0 Å². The highest BCUT2D eigenvalue weighted by atomic mass is 35.5. The van der Waals surface area contributed by atoms with Gasteiger partial charge in [0.15, 0.2) is 15.6 Å². The van der Waals surface area contributed by atoms with Crippen LogP contribution >= 0.6 is 34.5 Å². The molecule has 0 bridgehead atoms. The summed E-state index contributed by atoms with van der Waals surface area (Å²) in [4.78, 5) is 44.0. The van der Waals surface area contributed by atoms with Crippen LogP contribution < -0.4 is 16.6 Å². The minimum absolute atomic E-state index is 0.0274. The first-order valence-corrected chi connectivity index (χ1v) is 16.4. The Kier molecular flexibility index (Phi) is 9.00. The summed E-state index contributed by atoms with van der Waals surface area (Å²) in [5, 5.41) is 3.75. The smallest absolute Gasteiger partial charge is 0.333 e. The Labute approximate surface area is 250 Å². The van der Waals surface area contributed by atoms with Crippen LogP contribution in [0.5, 0.6) is 0 Å². The average molecular weight is 636 g/mol. The fraction of sp³-hybridized carbons (Fsp3) is 0.321. The Bertz CT molecular complexity index is 1830. The lowest BCUT2D eigenvalue weighted by atomic mass is 10.1. The first-order chi connectivity index (χ1) is 19.6. The van der Waals surface area contributed by atoms with E-state index in [2.05, 4.69) is 15.2 Å². The van der Waals surface area contributed by atoms with Crippen LogP contribution in [0.25, 0.3) is 16.6 Å². The van der Waals surface area contributed by atoms with Gasteiger partial charge in [0.2, 0.25) is 0 Å². The monoisotopic (exact) mass is 634 g/mol. The molecule has 0 spiro atoms. The molecule has 5 rings (SSSR count). The summed E-state index contributed by atoms with van der Waals surface area (Å²) in [5.41, 5.74) is 0.640. The van der Waals surface area contributed by atoms with Crippen molar-refractivity contribution in [2.24, 2.45) is 0 Å². The van der Waals surface area contributed by atoms with E-state index in [4.69, 9.17) is 23.2 Å².